The van der Waals surface area contributed by atoms with Gasteiger partial charge in [0.2, 0.25) is 10.7 Å². The van der Waals surface area contributed by atoms with Gasteiger partial charge in [0.15, 0.2) is 12.4 Å². The number of nitrogens with one attached hydrogen (secondary N) is 1. The van der Waals surface area contributed by atoms with Gasteiger partial charge in [0, 0.05) is 42.7 Å². The van der Waals surface area contributed by atoms with Crippen molar-refractivity contribution in [2.45, 2.75) is 40.2 Å². The fourth-order valence-corrected chi connectivity index (χ4v) is 5.13. The fraction of sp³-hybridized carbons (Fsp3) is 0.333. The normalized spacial score (nSPS) is 15.5. The van der Waals surface area contributed by atoms with E-state index in [1.165, 1.54) is 28.6 Å². The first kappa shape index (κ1) is 28.6. The molecule has 0 atom stereocenters. The third kappa shape index (κ3) is 6.61. The molecule has 0 saturated heterocycles. The summed E-state index contributed by atoms with van der Waals surface area (Å²) in [6.07, 6.45) is 6.66. The summed E-state index contributed by atoms with van der Waals surface area (Å²) in [5.74, 6) is 2.88. The summed E-state index contributed by atoms with van der Waals surface area (Å²) in [6, 6.07) is 7.74. The smallest absolute Gasteiger partial charge is 0.265 e. The van der Waals surface area contributed by atoms with Crippen LogP contribution in [0, 0.1) is 23.6 Å². The van der Waals surface area contributed by atoms with Crippen LogP contribution in [0.15, 0.2) is 35.3 Å². The van der Waals surface area contributed by atoms with Crippen molar-refractivity contribution in [1.82, 2.24) is 8.94 Å². The first-order valence-corrected chi connectivity index (χ1v) is 13.6. The number of carbonyl (C=O) groups excluding carboxylic acids is 2. The van der Waals surface area contributed by atoms with E-state index in [2.05, 4.69) is 34.5 Å². The van der Waals surface area contributed by atoms with Crippen molar-refractivity contribution < 1.29 is 18.7 Å². The quantitative estimate of drug-likeness (QED) is 0.401. The third-order valence-electron chi connectivity index (χ3n) is 5.96. The summed E-state index contributed by atoms with van der Waals surface area (Å²) in [5, 5.41) is 3.60. The molecule has 2 amide bonds. The van der Waals surface area contributed by atoms with Gasteiger partial charge in [0.25, 0.3) is 5.91 Å². The molecule has 0 radical (unpaired) electrons. The molecule has 8 nitrogen and oxygen atoms in total. The van der Waals surface area contributed by atoms with E-state index in [4.69, 9.17) is 34.4 Å². The Morgan fingerprint density at radius 1 is 1.31 bits per heavy atom. The molecule has 39 heavy (non-hydrogen) atoms. The lowest BCUT2D eigenvalue weighted by Crippen LogP contribution is -2.39. The summed E-state index contributed by atoms with van der Waals surface area (Å²) in [5.41, 5.74) is 1.35. The summed E-state index contributed by atoms with van der Waals surface area (Å²) < 4.78 is 26.3. The Balaban J connectivity index is 0.000000229. The maximum absolute atomic E-state index is 14.5. The van der Waals surface area contributed by atoms with Gasteiger partial charge in [-0.3, -0.25) is 14.5 Å². The van der Waals surface area contributed by atoms with Gasteiger partial charge in [-0.1, -0.05) is 49.9 Å². The van der Waals surface area contributed by atoms with Crippen molar-refractivity contribution >= 4 is 63.6 Å². The Kier molecular flexibility index (Phi) is 8.64. The number of nitrogens with zero attached hydrogens (tertiary/aromatic N) is 4. The molecule has 2 aromatic carbocycles. The zero-order valence-corrected chi connectivity index (χ0v) is 23.9. The number of fused-ring (bicyclic) bond motifs is 2. The fourth-order valence-electron chi connectivity index (χ4n) is 4.07. The molecule has 1 aromatic heterocycles. The van der Waals surface area contributed by atoms with Crippen molar-refractivity contribution in [3.05, 3.63) is 56.8 Å². The molecule has 2 aliphatic heterocycles. The SMILES string of the molecule is C#CCN1C(=O)COc2cc(F)c(/N=c3\snc4n3CC(C)(C)C4)cc21.CCC(=O)Nc1ccc(Cl)c(Cl)c1. The second-order valence-electron chi connectivity index (χ2n) is 9.69. The van der Waals surface area contributed by atoms with Crippen molar-refractivity contribution in [2.75, 3.05) is 23.4 Å². The Bertz CT molecular complexity index is 1540. The first-order chi connectivity index (χ1) is 18.5. The Morgan fingerprint density at radius 3 is 2.77 bits per heavy atom. The molecular formula is C27H26Cl2FN5O3S. The van der Waals surface area contributed by atoms with Crippen LogP contribution in [0.3, 0.4) is 0 Å². The van der Waals surface area contributed by atoms with Crippen molar-refractivity contribution in [1.29, 1.82) is 0 Å². The van der Waals surface area contributed by atoms with Crippen LogP contribution in [0.4, 0.5) is 21.5 Å². The second kappa shape index (κ2) is 11.8. The number of ether oxygens (including phenoxy) is 1. The average molecular weight is 591 g/mol. The van der Waals surface area contributed by atoms with E-state index >= 15 is 0 Å². The number of benzene rings is 2. The minimum absolute atomic E-state index is 0.0432. The van der Waals surface area contributed by atoms with Gasteiger partial charge in [-0.15, -0.1) is 6.42 Å². The third-order valence-corrected chi connectivity index (χ3v) is 7.48. The minimum atomic E-state index is -0.515. The Morgan fingerprint density at radius 2 is 2.08 bits per heavy atom. The molecule has 0 spiro atoms. The minimum Gasteiger partial charge on any atom is -0.481 e. The van der Waals surface area contributed by atoms with Crippen LogP contribution < -0.4 is 19.8 Å². The highest BCUT2D eigenvalue weighted by Gasteiger charge is 2.31. The number of terminal acetylenes is 1. The van der Waals surface area contributed by atoms with E-state index in [1.807, 2.05) is 4.57 Å². The monoisotopic (exact) mass is 589 g/mol. The van der Waals surface area contributed by atoms with Gasteiger partial charge in [-0.25, -0.2) is 9.38 Å². The van der Waals surface area contributed by atoms with Gasteiger partial charge >= 0.3 is 0 Å². The molecule has 5 rings (SSSR count). The highest BCUT2D eigenvalue weighted by molar-refractivity contribution is 7.02. The topological polar surface area (TPSA) is 88.8 Å². The maximum atomic E-state index is 14.5. The zero-order chi connectivity index (χ0) is 28.3. The molecule has 3 aromatic rings. The van der Waals surface area contributed by atoms with Crippen molar-refractivity contribution in [3.8, 4) is 18.1 Å². The predicted molar refractivity (Wildman–Crippen MR) is 151 cm³/mol. The van der Waals surface area contributed by atoms with E-state index in [-0.39, 0.29) is 36.1 Å². The molecule has 1 N–H and O–H groups in total. The lowest BCUT2D eigenvalue weighted by atomic mass is 9.92. The summed E-state index contributed by atoms with van der Waals surface area (Å²) in [7, 11) is 0. The Hall–Kier alpha value is -3.39. The number of rotatable bonds is 4. The standard InChI is InChI=1S/C18H17FN4O2S.C9H9Cl2NO/c1-4-5-22-13-7-12(11(19)6-14(13)25-9-16(22)24)20-17-23-10-18(2,3)8-15(23)21-26-17;1-2-9(13)12-6-3-4-7(10)8(11)5-6/h1,6-7H,5,8-10H2,2-3H3;3-5H,2H2,1H3,(H,12,13)/b20-17-;. The summed E-state index contributed by atoms with van der Waals surface area (Å²) in [6.45, 7) is 6.84. The number of carbonyl (C=O) groups is 2. The van der Waals surface area contributed by atoms with Crippen LogP contribution in [0.2, 0.25) is 10.0 Å². The second-order valence-corrected chi connectivity index (χ2v) is 11.2. The average Bonchev–Trinajstić information content (AvgIpc) is 3.39. The number of halogens is 3. The zero-order valence-electron chi connectivity index (χ0n) is 21.6. The van der Waals surface area contributed by atoms with Gasteiger partial charge in [-0.2, -0.15) is 4.37 Å². The van der Waals surface area contributed by atoms with E-state index in [0.29, 0.717) is 38.4 Å². The molecular weight excluding hydrogens is 564 g/mol. The highest BCUT2D eigenvalue weighted by atomic mass is 35.5. The molecule has 204 valence electrons. The molecule has 0 saturated carbocycles. The number of amides is 2. The van der Waals surface area contributed by atoms with E-state index < -0.39 is 5.82 Å². The summed E-state index contributed by atoms with van der Waals surface area (Å²) in [4.78, 5) is 29.6. The molecule has 3 heterocycles. The first-order valence-electron chi connectivity index (χ1n) is 12.1. The molecule has 0 unspecified atom stereocenters. The van der Waals surface area contributed by atoms with Gasteiger partial charge in [-0.05, 0) is 29.7 Å². The highest BCUT2D eigenvalue weighted by Crippen LogP contribution is 2.37. The van der Waals surface area contributed by atoms with E-state index in [0.717, 1.165) is 18.8 Å². The number of hydrogen-bond donors (Lipinski definition) is 1. The number of anilines is 2. The predicted octanol–water partition coefficient (Wildman–Crippen LogP) is 5.60. The molecule has 0 fully saturated rings. The van der Waals surface area contributed by atoms with Crippen molar-refractivity contribution in [3.63, 3.8) is 0 Å². The van der Waals surface area contributed by atoms with Gasteiger partial charge in [0.05, 0.1) is 22.3 Å². The molecule has 12 heteroatoms. The Labute approximate surface area is 239 Å². The lowest BCUT2D eigenvalue weighted by molar-refractivity contribution is -0.121. The van der Waals surface area contributed by atoms with Gasteiger partial charge < -0.3 is 14.6 Å². The molecule has 0 aliphatic carbocycles. The number of hydrogen-bond acceptors (Lipinski definition) is 6. The molecule has 2 aliphatic rings. The molecule has 0 bridgehead atoms. The largest absolute Gasteiger partial charge is 0.481 e. The lowest BCUT2D eigenvalue weighted by Gasteiger charge is -2.28. The van der Waals surface area contributed by atoms with E-state index in [9.17, 15) is 14.0 Å². The van der Waals surface area contributed by atoms with Crippen LogP contribution in [0.25, 0.3) is 0 Å². The number of aromatic nitrogens is 2. The van der Waals surface area contributed by atoms with Crippen LogP contribution >= 0.6 is 34.7 Å². The summed E-state index contributed by atoms with van der Waals surface area (Å²) >= 11 is 12.7. The van der Waals surface area contributed by atoms with Gasteiger partial charge in [0.1, 0.15) is 17.3 Å². The van der Waals surface area contributed by atoms with Crippen LogP contribution in [0.5, 0.6) is 5.75 Å². The van der Waals surface area contributed by atoms with Crippen LogP contribution in [0.1, 0.15) is 33.0 Å². The van der Waals surface area contributed by atoms with Crippen molar-refractivity contribution in [2.24, 2.45) is 10.4 Å². The van der Waals surface area contributed by atoms with Crippen LogP contribution in [-0.2, 0) is 22.6 Å². The van der Waals surface area contributed by atoms with E-state index in [1.54, 1.807) is 25.1 Å². The maximum Gasteiger partial charge on any atom is 0.265 e. The van der Waals surface area contributed by atoms with Crippen LogP contribution in [-0.4, -0.2) is 33.9 Å².